The number of carbonyl (C=O) groups is 1. The molecule has 0 radical (unpaired) electrons. The van der Waals surface area contributed by atoms with Crippen LogP contribution in [0.2, 0.25) is 0 Å². The van der Waals surface area contributed by atoms with Crippen LogP contribution in [0.3, 0.4) is 0 Å². The molecule has 2 aromatic rings. The van der Waals surface area contributed by atoms with E-state index in [0.29, 0.717) is 12.3 Å². The Morgan fingerprint density at radius 1 is 1.29 bits per heavy atom. The molecule has 0 aliphatic rings. The zero-order chi connectivity index (χ0) is 15.1. The number of rotatable bonds is 6. The molecule has 110 valence electrons. The van der Waals surface area contributed by atoms with Gasteiger partial charge in [-0.2, -0.15) is 0 Å². The minimum Gasteiger partial charge on any atom is -0.484 e. The van der Waals surface area contributed by atoms with Gasteiger partial charge in [-0.05, 0) is 29.8 Å². The van der Waals surface area contributed by atoms with E-state index in [2.05, 4.69) is 15.6 Å². The first-order valence-electron chi connectivity index (χ1n) is 6.46. The van der Waals surface area contributed by atoms with Crippen molar-refractivity contribution in [3.05, 3.63) is 54.0 Å². The minimum absolute atomic E-state index is 0.0206. The minimum atomic E-state index is -0.386. The van der Waals surface area contributed by atoms with Gasteiger partial charge in [-0.25, -0.2) is 9.37 Å². The highest BCUT2D eigenvalue weighted by Gasteiger charge is 2.03. The van der Waals surface area contributed by atoms with Gasteiger partial charge in [0, 0.05) is 19.8 Å². The van der Waals surface area contributed by atoms with Crippen molar-refractivity contribution in [2.45, 2.75) is 6.54 Å². The third-order valence-corrected chi connectivity index (χ3v) is 2.79. The number of hydrogen-bond donors (Lipinski definition) is 2. The molecule has 0 atom stereocenters. The zero-order valence-corrected chi connectivity index (χ0v) is 11.6. The number of benzene rings is 1. The van der Waals surface area contributed by atoms with Crippen LogP contribution in [-0.4, -0.2) is 24.5 Å². The molecule has 0 aliphatic heterocycles. The summed E-state index contributed by atoms with van der Waals surface area (Å²) in [5, 5.41) is 5.39. The maximum Gasteiger partial charge on any atom is 0.257 e. The van der Waals surface area contributed by atoms with Crippen molar-refractivity contribution in [3.63, 3.8) is 0 Å². The van der Waals surface area contributed by atoms with Crippen molar-refractivity contribution >= 4 is 11.7 Å². The summed E-state index contributed by atoms with van der Waals surface area (Å²) >= 11 is 0. The van der Waals surface area contributed by atoms with Gasteiger partial charge in [0.2, 0.25) is 0 Å². The Labute approximate surface area is 122 Å². The van der Waals surface area contributed by atoms with Crippen LogP contribution < -0.4 is 15.4 Å². The van der Waals surface area contributed by atoms with Gasteiger partial charge in [0.25, 0.3) is 5.91 Å². The topological polar surface area (TPSA) is 63.2 Å². The van der Waals surface area contributed by atoms with E-state index < -0.39 is 0 Å². The predicted octanol–water partition coefficient (Wildman–Crippen LogP) is 1.96. The first-order valence-corrected chi connectivity index (χ1v) is 6.46. The summed E-state index contributed by atoms with van der Waals surface area (Å²) in [5.41, 5.74) is 0.951. The van der Waals surface area contributed by atoms with Crippen LogP contribution in [0.1, 0.15) is 5.56 Å². The summed E-state index contributed by atoms with van der Waals surface area (Å²) in [4.78, 5) is 15.0. The van der Waals surface area contributed by atoms with Crippen molar-refractivity contribution in [1.82, 2.24) is 10.3 Å². The molecule has 0 saturated carbocycles. The van der Waals surface area contributed by atoms with Crippen LogP contribution in [0.5, 0.6) is 5.75 Å². The lowest BCUT2D eigenvalue weighted by atomic mass is 10.2. The summed E-state index contributed by atoms with van der Waals surface area (Å²) in [5.74, 6) is 0.248. The predicted molar refractivity (Wildman–Crippen MR) is 77.5 cm³/mol. The zero-order valence-electron chi connectivity index (χ0n) is 11.6. The number of ether oxygens (including phenoxy) is 1. The second-order valence-electron chi connectivity index (χ2n) is 4.29. The molecule has 2 rings (SSSR count). The van der Waals surface area contributed by atoms with E-state index in [1.165, 1.54) is 12.3 Å². The number of pyridine rings is 1. The molecule has 0 fully saturated rings. The molecular formula is C15H16FN3O2. The van der Waals surface area contributed by atoms with E-state index in [1.54, 1.807) is 25.2 Å². The Bertz CT molecular complexity index is 602. The molecule has 0 saturated heterocycles. The molecule has 5 nitrogen and oxygen atoms in total. The molecule has 6 heteroatoms. The van der Waals surface area contributed by atoms with Gasteiger partial charge in [-0.1, -0.05) is 12.1 Å². The Morgan fingerprint density at radius 3 is 2.71 bits per heavy atom. The Kier molecular flexibility index (Phi) is 5.09. The van der Waals surface area contributed by atoms with E-state index in [-0.39, 0.29) is 24.1 Å². The monoisotopic (exact) mass is 289 g/mol. The molecule has 1 aromatic carbocycles. The number of hydrogen-bond acceptors (Lipinski definition) is 4. The fourth-order valence-corrected chi connectivity index (χ4v) is 1.63. The molecule has 1 heterocycles. The standard InChI is InChI=1S/C15H16FN3O2/c1-17-14(20)10-21-12-6-4-11(5-7-12)9-19-15-13(16)3-2-8-18-15/h2-8H,9-10H2,1H3,(H,17,20)(H,18,19). The number of amides is 1. The number of nitrogens with one attached hydrogen (secondary N) is 2. The molecule has 2 N–H and O–H groups in total. The Hall–Kier alpha value is -2.63. The maximum atomic E-state index is 13.4. The lowest BCUT2D eigenvalue weighted by Crippen LogP contribution is -2.24. The summed E-state index contributed by atoms with van der Waals surface area (Å²) in [6, 6.07) is 10.1. The third-order valence-electron chi connectivity index (χ3n) is 2.79. The molecular weight excluding hydrogens is 273 g/mol. The van der Waals surface area contributed by atoms with Gasteiger partial charge in [0.05, 0.1) is 0 Å². The number of aromatic nitrogens is 1. The normalized spacial score (nSPS) is 10.0. The van der Waals surface area contributed by atoms with Crippen LogP contribution >= 0.6 is 0 Å². The molecule has 0 unspecified atom stereocenters. The summed E-state index contributed by atoms with van der Waals surface area (Å²) in [6.45, 7) is 0.427. The average Bonchev–Trinajstić information content (AvgIpc) is 2.53. The molecule has 1 aromatic heterocycles. The lowest BCUT2D eigenvalue weighted by Gasteiger charge is -2.08. The highest BCUT2D eigenvalue weighted by atomic mass is 19.1. The maximum absolute atomic E-state index is 13.4. The molecule has 21 heavy (non-hydrogen) atoms. The van der Waals surface area contributed by atoms with Gasteiger partial charge < -0.3 is 15.4 Å². The first-order chi connectivity index (χ1) is 10.2. The van der Waals surface area contributed by atoms with Crippen molar-refractivity contribution < 1.29 is 13.9 Å². The number of anilines is 1. The largest absolute Gasteiger partial charge is 0.484 e. The van der Waals surface area contributed by atoms with Crippen LogP contribution in [0, 0.1) is 5.82 Å². The van der Waals surface area contributed by atoms with E-state index in [1.807, 2.05) is 12.1 Å². The van der Waals surface area contributed by atoms with Gasteiger partial charge in [-0.3, -0.25) is 4.79 Å². The van der Waals surface area contributed by atoms with E-state index in [0.717, 1.165) is 5.56 Å². The molecule has 0 spiro atoms. The second-order valence-corrected chi connectivity index (χ2v) is 4.29. The highest BCUT2D eigenvalue weighted by molar-refractivity contribution is 5.77. The van der Waals surface area contributed by atoms with E-state index in [9.17, 15) is 9.18 Å². The fraction of sp³-hybridized carbons (Fsp3) is 0.200. The van der Waals surface area contributed by atoms with Crippen molar-refractivity contribution in [1.29, 1.82) is 0 Å². The first kappa shape index (κ1) is 14.8. The van der Waals surface area contributed by atoms with Gasteiger partial charge in [0.1, 0.15) is 5.75 Å². The van der Waals surface area contributed by atoms with Crippen LogP contribution in [0.15, 0.2) is 42.6 Å². The van der Waals surface area contributed by atoms with Gasteiger partial charge in [0.15, 0.2) is 18.2 Å². The smallest absolute Gasteiger partial charge is 0.257 e. The molecule has 0 bridgehead atoms. The van der Waals surface area contributed by atoms with Gasteiger partial charge >= 0.3 is 0 Å². The van der Waals surface area contributed by atoms with E-state index in [4.69, 9.17) is 4.74 Å². The number of halogens is 1. The summed E-state index contributed by atoms with van der Waals surface area (Å²) in [7, 11) is 1.55. The summed E-state index contributed by atoms with van der Waals surface area (Å²) in [6.07, 6.45) is 1.53. The summed E-state index contributed by atoms with van der Waals surface area (Å²) < 4.78 is 18.7. The lowest BCUT2D eigenvalue weighted by molar-refractivity contribution is -0.122. The molecule has 1 amide bonds. The van der Waals surface area contributed by atoms with Crippen molar-refractivity contribution in [3.8, 4) is 5.75 Å². The van der Waals surface area contributed by atoms with Gasteiger partial charge in [-0.15, -0.1) is 0 Å². The number of carbonyl (C=O) groups excluding carboxylic acids is 1. The Balaban J connectivity index is 1.88. The van der Waals surface area contributed by atoms with Crippen molar-refractivity contribution in [2.75, 3.05) is 19.0 Å². The highest BCUT2D eigenvalue weighted by Crippen LogP contribution is 2.14. The quantitative estimate of drug-likeness (QED) is 0.853. The van der Waals surface area contributed by atoms with Crippen molar-refractivity contribution in [2.24, 2.45) is 0 Å². The van der Waals surface area contributed by atoms with Crippen LogP contribution in [-0.2, 0) is 11.3 Å². The van der Waals surface area contributed by atoms with Crippen LogP contribution in [0.25, 0.3) is 0 Å². The fourth-order valence-electron chi connectivity index (χ4n) is 1.63. The van der Waals surface area contributed by atoms with E-state index >= 15 is 0 Å². The third kappa shape index (κ3) is 4.45. The second kappa shape index (κ2) is 7.23. The average molecular weight is 289 g/mol. The molecule has 0 aliphatic carbocycles. The number of likely N-dealkylation sites (N-methyl/N-ethyl adjacent to an activating group) is 1. The number of nitrogens with zero attached hydrogens (tertiary/aromatic N) is 1. The van der Waals surface area contributed by atoms with Crippen LogP contribution in [0.4, 0.5) is 10.2 Å². The SMILES string of the molecule is CNC(=O)COc1ccc(CNc2ncccc2F)cc1. The Morgan fingerprint density at radius 2 is 2.05 bits per heavy atom.